The zero-order valence-corrected chi connectivity index (χ0v) is 23.3. The summed E-state index contributed by atoms with van der Waals surface area (Å²) in [5, 5.41) is 8.56. The molecule has 202 valence electrons. The number of rotatable bonds is 13. The van der Waals surface area contributed by atoms with Crippen LogP contribution in [-0.2, 0) is 14.3 Å². The Morgan fingerprint density at radius 2 is 1.89 bits per heavy atom. The number of methoxy groups -OCH3 is 1. The number of fused-ring (bicyclic) bond motifs is 1. The standard InChI is InChI=1S/C26H37N5O5S/c1-7-13-35-24(33)22-17(5)27-25-28-26(37-14-8-2)29-31(25)23(22)18-11-12-19(20(15-18)34-6)36-16-21(32)30(9-3)10-4/h11-12,15,23H,7-10,13-14,16H2,1-6H3,(H,27,28,29). The molecule has 0 fully saturated rings. The van der Waals surface area contributed by atoms with Crippen molar-refractivity contribution in [2.24, 2.45) is 0 Å². The third-order valence-electron chi connectivity index (χ3n) is 5.90. The van der Waals surface area contributed by atoms with Crippen LogP contribution in [0.4, 0.5) is 5.95 Å². The van der Waals surface area contributed by atoms with Crippen LogP contribution in [0.2, 0.25) is 0 Å². The molecule has 0 spiro atoms. The molecule has 2 aromatic rings. The van der Waals surface area contributed by atoms with Gasteiger partial charge in [-0.25, -0.2) is 9.48 Å². The van der Waals surface area contributed by atoms with Crippen LogP contribution in [0.25, 0.3) is 0 Å². The minimum atomic E-state index is -0.579. The Bertz CT molecular complexity index is 1130. The summed E-state index contributed by atoms with van der Waals surface area (Å²) in [5.74, 6) is 1.82. The zero-order valence-electron chi connectivity index (χ0n) is 22.5. The molecule has 11 heteroatoms. The first-order chi connectivity index (χ1) is 17.9. The second-order valence-corrected chi connectivity index (χ2v) is 9.54. The van der Waals surface area contributed by atoms with E-state index in [1.807, 2.05) is 33.8 Å². The molecule has 1 aromatic carbocycles. The number of nitrogens with one attached hydrogen (secondary N) is 1. The van der Waals surface area contributed by atoms with E-state index in [-0.39, 0.29) is 12.5 Å². The number of thioether (sulfide) groups is 1. The van der Waals surface area contributed by atoms with Gasteiger partial charge in [0.05, 0.1) is 19.3 Å². The van der Waals surface area contributed by atoms with Gasteiger partial charge in [0.15, 0.2) is 18.1 Å². The number of esters is 1. The van der Waals surface area contributed by atoms with Crippen molar-refractivity contribution >= 4 is 29.6 Å². The number of hydrogen-bond acceptors (Lipinski definition) is 9. The summed E-state index contributed by atoms with van der Waals surface area (Å²) in [6.07, 6.45) is 1.71. The predicted molar refractivity (Wildman–Crippen MR) is 143 cm³/mol. The maximum atomic E-state index is 13.2. The number of hydrogen-bond donors (Lipinski definition) is 1. The lowest BCUT2D eigenvalue weighted by Gasteiger charge is -2.28. The molecule has 1 unspecified atom stereocenters. The lowest BCUT2D eigenvalue weighted by atomic mass is 9.95. The summed E-state index contributed by atoms with van der Waals surface area (Å²) >= 11 is 1.56. The van der Waals surface area contributed by atoms with Crippen molar-refractivity contribution in [2.45, 2.75) is 58.7 Å². The van der Waals surface area contributed by atoms with E-state index in [0.717, 1.165) is 17.7 Å². The Labute approximate surface area is 222 Å². The van der Waals surface area contributed by atoms with E-state index in [4.69, 9.17) is 19.3 Å². The normalized spacial score (nSPS) is 14.6. The van der Waals surface area contributed by atoms with E-state index < -0.39 is 12.0 Å². The number of anilines is 1. The quantitative estimate of drug-likeness (QED) is 0.299. The SMILES string of the molecule is CCCOC(=O)C1=C(C)Nc2nc(SCCC)nn2C1c1ccc(OCC(=O)N(CC)CC)c(OC)c1. The number of aromatic nitrogens is 3. The highest BCUT2D eigenvalue weighted by Crippen LogP contribution is 2.39. The third kappa shape index (κ3) is 6.57. The summed E-state index contributed by atoms with van der Waals surface area (Å²) < 4.78 is 18.7. The van der Waals surface area contributed by atoms with E-state index in [2.05, 4.69) is 17.2 Å². The average molecular weight is 532 g/mol. The highest BCUT2D eigenvalue weighted by Gasteiger charge is 2.35. The Hall–Kier alpha value is -3.21. The maximum absolute atomic E-state index is 13.2. The number of carbonyl (C=O) groups excluding carboxylic acids is 2. The fourth-order valence-corrected chi connectivity index (χ4v) is 4.69. The molecule has 2 heterocycles. The van der Waals surface area contributed by atoms with Crippen LogP contribution in [0.1, 0.15) is 59.1 Å². The van der Waals surface area contributed by atoms with Gasteiger partial charge >= 0.3 is 5.97 Å². The van der Waals surface area contributed by atoms with Crippen molar-refractivity contribution in [2.75, 3.05) is 44.5 Å². The number of amides is 1. The summed E-state index contributed by atoms with van der Waals surface area (Å²) in [4.78, 5) is 31.9. The molecule has 0 saturated heterocycles. The molecule has 0 aliphatic carbocycles. The van der Waals surface area contributed by atoms with Crippen LogP contribution in [0.5, 0.6) is 11.5 Å². The van der Waals surface area contributed by atoms with E-state index in [1.165, 1.54) is 0 Å². The first-order valence-electron chi connectivity index (χ1n) is 12.7. The minimum Gasteiger partial charge on any atom is -0.493 e. The number of benzene rings is 1. The molecule has 1 aliphatic heterocycles. The topological polar surface area (TPSA) is 108 Å². The van der Waals surface area contributed by atoms with Crippen LogP contribution >= 0.6 is 11.8 Å². The van der Waals surface area contributed by atoms with Gasteiger partial charge in [0.1, 0.15) is 6.04 Å². The first kappa shape index (κ1) is 28.4. The van der Waals surface area contributed by atoms with Gasteiger partial charge in [0.25, 0.3) is 5.91 Å². The van der Waals surface area contributed by atoms with E-state index >= 15 is 0 Å². The number of nitrogens with zero attached hydrogens (tertiary/aromatic N) is 4. The monoisotopic (exact) mass is 531 g/mol. The van der Waals surface area contributed by atoms with Gasteiger partial charge in [0, 0.05) is 24.5 Å². The summed E-state index contributed by atoms with van der Waals surface area (Å²) in [7, 11) is 1.54. The van der Waals surface area contributed by atoms with E-state index in [9.17, 15) is 9.59 Å². The molecule has 3 rings (SSSR count). The molecule has 1 atom stereocenters. The average Bonchev–Trinajstić information content (AvgIpc) is 3.31. The van der Waals surface area contributed by atoms with Crippen molar-refractivity contribution in [1.82, 2.24) is 19.7 Å². The van der Waals surface area contributed by atoms with Crippen molar-refractivity contribution in [3.63, 3.8) is 0 Å². The number of ether oxygens (including phenoxy) is 3. The molecule has 0 saturated carbocycles. The molecule has 0 bridgehead atoms. The minimum absolute atomic E-state index is 0.0937. The Balaban J connectivity index is 1.99. The van der Waals surface area contributed by atoms with Gasteiger partial charge in [-0.2, -0.15) is 4.98 Å². The maximum Gasteiger partial charge on any atom is 0.338 e. The number of likely N-dealkylation sites (N-methyl/N-ethyl adjacent to an activating group) is 1. The van der Waals surface area contributed by atoms with Crippen molar-refractivity contribution < 1.29 is 23.8 Å². The highest BCUT2D eigenvalue weighted by atomic mass is 32.2. The van der Waals surface area contributed by atoms with Gasteiger partial charge in [-0.1, -0.05) is 31.7 Å². The zero-order chi connectivity index (χ0) is 26.9. The van der Waals surface area contributed by atoms with Crippen LogP contribution in [0.15, 0.2) is 34.6 Å². The lowest BCUT2D eigenvalue weighted by molar-refractivity contribution is -0.139. The Kier molecular flexibility index (Phi) is 10.2. The molecular weight excluding hydrogens is 494 g/mol. The van der Waals surface area contributed by atoms with Gasteiger partial charge in [0.2, 0.25) is 11.1 Å². The summed E-state index contributed by atoms with van der Waals surface area (Å²) in [6, 6.07) is 4.82. The van der Waals surface area contributed by atoms with Crippen molar-refractivity contribution in [1.29, 1.82) is 0 Å². The second-order valence-electron chi connectivity index (χ2n) is 8.48. The molecule has 1 N–H and O–H groups in total. The molecule has 10 nitrogen and oxygen atoms in total. The lowest BCUT2D eigenvalue weighted by Crippen LogP contribution is -2.34. The highest BCUT2D eigenvalue weighted by molar-refractivity contribution is 7.99. The van der Waals surface area contributed by atoms with Crippen LogP contribution < -0.4 is 14.8 Å². The fourth-order valence-electron chi connectivity index (χ4n) is 4.01. The van der Waals surface area contributed by atoms with E-state index in [1.54, 1.807) is 40.6 Å². The Morgan fingerprint density at radius 3 is 2.54 bits per heavy atom. The summed E-state index contributed by atoms with van der Waals surface area (Å²) in [5.41, 5.74) is 1.86. The first-order valence-corrected chi connectivity index (χ1v) is 13.7. The Morgan fingerprint density at radius 1 is 1.14 bits per heavy atom. The number of carbonyl (C=O) groups is 2. The smallest absolute Gasteiger partial charge is 0.338 e. The van der Waals surface area contributed by atoms with Gasteiger partial charge in [-0.15, -0.1) is 5.10 Å². The predicted octanol–water partition coefficient (Wildman–Crippen LogP) is 4.28. The molecule has 0 radical (unpaired) electrons. The van der Waals surface area contributed by atoms with Gasteiger partial charge < -0.3 is 24.4 Å². The van der Waals surface area contributed by atoms with Crippen molar-refractivity contribution in [3.05, 3.63) is 35.0 Å². The third-order valence-corrected chi connectivity index (χ3v) is 6.94. The van der Waals surface area contributed by atoms with E-state index in [0.29, 0.717) is 60.0 Å². The van der Waals surface area contributed by atoms with Crippen LogP contribution in [-0.4, -0.2) is 70.7 Å². The van der Waals surface area contributed by atoms with Crippen molar-refractivity contribution in [3.8, 4) is 11.5 Å². The number of allylic oxidation sites excluding steroid dienone is 1. The summed E-state index contributed by atoms with van der Waals surface area (Å²) in [6.45, 7) is 11.2. The van der Waals surface area contributed by atoms with Gasteiger partial charge in [-0.05, 0) is 51.3 Å². The largest absolute Gasteiger partial charge is 0.493 e. The molecule has 1 aromatic heterocycles. The molecule has 1 amide bonds. The molecule has 37 heavy (non-hydrogen) atoms. The molecule has 1 aliphatic rings. The van der Waals surface area contributed by atoms with Crippen LogP contribution in [0, 0.1) is 0 Å². The fraction of sp³-hybridized carbons (Fsp3) is 0.538. The molecular formula is C26H37N5O5S. The van der Waals surface area contributed by atoms with Crippen LogP contribution in [0.3, 0.4) is 0 Å². The second kappa shape index (κ2) is 13.4. The van der Waals surface area contributed by atoms with Gasteiger partial charge in [-0.3, -0.25) is 4.79 Å².